The molecule has 3 heteroatoms. The first-order chi connectivity index (χ1) is 8.81. The maximum absolute atomic E-state index is 13.4. The molecular formula is C15H19FN2. The van der Waals surface area contributed by atoms with Crippen molar-refractivity contribution in [2.45, 2.75) is 38.5 Å². The number of nitriles is 1. The normalized spacial score (nSPS) is 16.9. The summed E-state index contributed by atoms with van der Waals surface area (Å²) in [4.78, 5) is 0. The summed E-state index contributed by atoms with van der Waals surface area (Å²) < 4.78 is 13.4. The SMILES string of the molecule is N#Cc1c(F)cccc1NCC1CCCCCC1. The summed E-state index contributed by atoms with van der Waals surface area (Å²) in [5.74, 6) is 0.214. The standard InChI is InChI=1S/C15H19FN2/c16-14-8-5-9-15(13(14)10-17)18-11-12-6-3-1-2-4-7-12/h5,8-9,12,18H,1-4,6-7,11H2. The minimum Gasteiger partial charge on any atom is -0.384 e. The molecule has 1 saturated carbocycles. The Balaban J connectivity index is 1.97. The van der Waals surface area contributed by atoms with Crippen LogP contribution < -0.4 is 5.32 Å². The molecular weight excluding hydrogens is 227 g/mol. The van der Waals surface area contributed by atoms with E-state index in [0.717, 1.165) is 6.54 Å². The Morgan fingerprint density at radius 2 is 1.94 bits per heavy atom. The molecule has 2 nitrogen and oxygen atoms in total. The van der Waals surface area contributed by atoms with Crippen molar-refractivity contribution < 1.29 is 4.39 Å². The predicted octanol–water partition coefficient (Wildman–Crippen LogP) is 4.08. The van der Waals surface area contributed by atoms with Crippen LogP contribution in [0.25, 0.3) is 0 Å². The molecule has 0 radical (unpaired) electrons. The molecule has 0 bridgehead atoms. The molecule has 1 aliphatic rings. The second kappa shape index (κ2) is 6.39. The molecule has 0 unspecified atom stereocenters. The highest BCUT2D eigenvalue weighted by Gasteiger charge is 2.13. The maximum Gasteiger partial charge on any atom is 0.143 e. The minimum atomic E-state index is -0.441. The molecule has 18 heavy (non-hydrogen) atoms. The molecule has 0 saturated heterocycles. The largest absolute Gasteiger partial charge is 0.384 e. The van der Waals surface area contributed by atoms with Crippen LogP contribution in [0.1, 0.15) is 44.1 Å². The molecule has 0 aromatic heterocycles. The van der Waals surface area contributed by atoms with Gasteiger partial charge in [-0.05, 0) is 30.9 Å². The molecule has 1 N–H and O–H groups in total. The Kier molecular flexibility index (Phi) is 4.58. The van der Waals surface area contributed by atoms with Crippen LogP contribution in [0.2, 0.25) is 0 Å². The number of anilines is 1. The Hall–Kier alpha value is -1.56. The van der Waals surface area contributed by atoms with Gasteiger partial charge in [0.1, 0.15) is 17.4 Å². The molecule has 96 valence electrons. The van der Waals surface area contributed by atoms with Crippen LogP contribution in [0.3, 0.4) is 0 Å². The molecule has 1 aliphatic carbocycles. The third kappa shape index (κ3) is 3.22. The van der Waals surface area contributed by atoms with Gasteiger partial charge in [0.15, 0.2) is 0 Å². The lowest BCUT2D eigenvalue weighted by molar-refractivity contribution is 0.483. The lowest BCUT2D eigenvalue weighted by Gasteiger charge is -2.16. The Morgan fingerprint density at radius 3 is 2.61 bits per heavy atom. The fourth-order valence-electron chi connectivity index (χ4n) is 2.61. The zero-order valence-corrected chi connectivity index (χ0v) is 10.6. The molecule has 0 spiro atoms. The van der Waals surface area contributed by atoms with E-state index in [0.29, 0.717) is 11.6 Å². The lowest BCUT2D eigenvalue weighted by atomic mass is 10.00. The summed E-state index contributed by atoms with van der Waals surface area (Å²) in [6.07, 6.45) is 7.73. The van der Waals surface area contributed by atoms with Crippen molar-refractivity contribution in [2.75, 3.05) is 11.9 Å². The van der Waals surface area contributed by atoms with Crippen molar-refractivity contribution in [3.8, 4) is 6.07 Å². The molecule has 2 rings (SSSR count). The van der Waals surface area contributed by atoms with Crippen LogP contribution >= 0.6 is 0 Å². The topological polar surface area (TPSA) is 35.8 Å². The Morgan fingerprint density at radius 1 is 1.22 bits per heavy atom. The van der Waals surface area contributed by atoms with Gasteiger partial charge in [0.05, 0.1) is 5.69 Å². The number of nitrogens with zero attached hydrogens (tertiary/aromatic N) is 1. The molecule has 0 aliphatic heterocycles. The summed E-state index contributed by atoms with van der Waals surface area (Å²) in [5.41, 5.74) is 0.757. The number of halogens is 1. The average molecular weight is 246 g/mol. The van der Waals surface area contributed by atoms with Gasteiger partial charge < -0.3 is 5.32 Å². The van der Waals surface area contributed by atoms with Gasteiger partial charge in [0.2, 0.25) is 0 Å². The van der Waals surface area contributed by atoms with E-state index in [4.69, 9.17) is 5.26 Å². The van der Waals surface area contributed by atoms with Crippen LogP contribution in [0.4, 0.5) is 10.1 Å². The van der Waals surface area contributed by atoms with Gasteiger partial charge in [-0.25, -0.2) is 4.39 Å². The van der Waals surface area contributed by atoms with Crippen molar-refractivity contribution in [1.82, 2.24) is 0 Å². The first-order valence-electron chi connectivity index (χ1n) is 6.73. The summed E-state index contributed by atoms with van der Waals surface area (Å²) in [5, 5.41) is 12.2. The summed E-state index contributed by atoms with van der Waals surface area (Å²) in [6.45, 7) is 0.845. The molecule has 0 atom stereocenters. The lowest BCUT2D eigenvalue weighted by Crippen LogP contribution is -2.14. The van der Waals surface area contributed by atoms with E-state index in [-0.39, 0.29) is 5.56 Å². The second-order valence-corrected chi connectivity index (χ2v) is 5.01. The highest BCUT2D eigenvalue weighted by molar-refractivity contribution is 5.57. The molecule has 0 amide bonds. The highest BCUT2D eigenvalue weighted by atomic mass is 19.1. The van der Waals surface area contributed by atoms with Crippen LogP contribution in [0.5, 0.6) is 0 Å². The van der Waals surface area contributed by atoms with Crippen molar-refractivity contribution in [3.05, 3.63) is 29.6 Å². The van der Waals surface area contributed by atoms with Crippen LogP contribution in [-0.4, -0.2) is 6.54 Å². The van der Waals surface area contributed by atoms with E-state index in [1.165, 1.54) is 44.6 Å². The summed E-state index contributed by atoms with van der Waals surface area (Å²) in [6, 6.07) is 6.68. The highest BCUT2D eigenvalue weighted by Crippen LogP contribution is 2.24. The average Bonchev–Trinajstić information content (AvgIpc) is 2.65. The van der Waals surface area contributed by atoms with Crippen LogP contribution in [-0.2, 0) is 0 Å². The number of rotatable bonds is 3. The van der Waals surface area contributed by atoms with Crippen molar-refractivity contribution in [1.29, 1.82) is 5.26 Å². The van der Waals surface area contributed by atoms with Crippen LogP contribution in [0.15, 0.2) is 18.2 Å². The van der Waals surface area contributed by atoms with Crippen molar-refractivity contribution >= 4 is 5.69 Å². The van der Waals surface area contributed by atoms with E-state index < -0.39 is 5.82 Å². The van der Waals surface area contributed by atoms with Gasteiger partial charge in [-0.15, -0.1) is 0 Å². The fourth-order valence-corrected chi connectivity index (χ4v) is 2.61. The smallest absolute Gasteiger partial charge is 0.143 e. The summed E-state index contributed by atoms with van der Waals surface area (Å²) >= 11 is 0. The van der Waals surface area contributed by atoms with E-state index in [9.17, 15) is 4.39 Å². The van der Waals surface area contributed by atoms with Crippen molar-refractivity contribution in [3.63, 3.8) is 0 Å². The Labute approximate surface area is 108 Å². The maximum atomic E-state index is 13.4. The molecule has 1 aromatic rings. The van der Waals surface area contributed by atoms with E-state index in [2.05, 4.69) is 5.32 Å². The zero-order valence-electron chi connectivity index (χ0n) is 10.6. The van der Waals surface area contributed by atoms with Crippen LogP contribution in [0, 0.1) is 23.1 Å². The van der Waals surface area contributed by atoms with Gasteiger partial charge in [0, 0.05) is 6.54 Å². The van der Waals surface area contributed by atoms with Gasteiger partial charge in [-0.3, -0.25) is 0 Å². The van der Waals surface area contributed by atoms with Gasteiger partial charge in [-0.1, -0.05) is 31.7 Å². The minimum absolute atomic E-state index is 0.131. The third-order valence-corrected chi connectivity index (χ3v) is 3.68. The van der Waals surface area contributed by atoms with Gasteiger partial charge >= 0.3 is 0 Å². The predicted molar refractivity (Wildman–Crippen MR) is 70.8 cm³/mol. The number of hydrogen-bond donors (Lipinski definition) is 1. The number of nitrogens with one attached hydrogen (secondary N) is 1. The number of benzene rings is 1. The zero-order chi connectivity index (χ0) is 12.8. The quantitative estimate of drug-likeness (QED) is 0.816. The first-order valence-corrected chi connectivity index (χ1v) is 6.73. The first kappa shape index (κ1) is 12.9. The van der Waals surface area contributed by atoms with Crippen molar-refractivity contribution in [2.24, 2.45) is 5.92 Å². The second-order valence-electron chi connectivity index (χ2n) is 5.01. The van der Waals surface area contributed by atoms with E-state index in [1.54, 1.807) is 12.1 Å². The monoisotopic (exact) mass is 246 g/mol. The van der Waals surface area contributed by atoms with Gasteiger partial charge in [0.25, 0.3) is 0 Å². The molecule has 0 heterocycles. The number of hydrogen-bond acceptors (Lipinski definition) is 2. The van der Waals surface area contributed by atoms with Gasteiger partial charge in [-0.2, -0.15) is 5.26 Å². The molecule has 1 fully saturated rings. The summed E-state index contributed by atoms with van der Waals surface area (Å²) in [7, 11) is 0. The van der Waals surface area contributed by atoms with E-state index in [1.807, 2.05) is 6.07 Å². The van der Waals surface area contributed by atoms with E-state index >= 15 is 0 Å². The fraction of sp³-hybridized carbons (Fsp3) is 0.533. The Bertz CT molecular complexity index is 429. The third-order valence-electron chi connectivity index (χ3n) is 3.68. The molecule has 1 aromatic carbocycles.